The summed E-state index contributed by atoms with van der Waals surface area (Å²) < 4.78 is 5.40. The second kappa shape index (κ2) is 6.95. The lowest BCUT2D eigenvalue weighted by Crippen LogP contribution is -2.19. The predicted octanol–water partition coefficient (Wildman–Crippen LogP) is 3.59. The molecule has 0 amide bonds. The lowest BCUT2D eigenvalue weighted by Gasteiger charge is -2.16. The highest BCUT2D eigenvalue weighted by molar-refractivity contribution is 5.36. The minimum atomic E-state index is 0.430. The summed E-state index contributed by atoms with van der Waals surface area (Å²) in [5.41, 5.74) is 2.57. The number of nitrogens with one attached hydrogen (secondary N) is 1. The van der Waals surface area contributed by atoms with E-state index in [0.29, 0.717) is 5.92 Å². The Labute approximate surface area is 115 Å². The van der Waals surface area contributed by atoms with Crippen molar-refractivity contribution in [1.82, 2.24) is 5.32 Å². The monoisotopic (exact) mass is 255 g/mol. The molecule has 100 valence electrons. The molecule has 1 atom stereocenters. The van der Waals surface area contributed by atoms with Gasteiger partial charge in [0.25, 0.3) is 0 Å². The van der Waals surface area contributed by atoms with E-state index in [9.17, 15) is 0 Å². The molecular formula is C17H21NO. The van der Waals surface area contributed by atoms with E-state index < -0.39 is 0 Å². The van der Waals surface area contributed by atoms with Crippen LogP contribution in [-0.4, -0.2) is 13.7 Å². The molecule has 0 aliphatic rings. The van der Waals surface area contributed by atoms with E-state index in [-0.39, 0.29) is 0 Å². The average molecular weight is 255 g/mol. The SMILES string of the molecule is COc1ccccc1C(C)CNCc1ccccc1. The Hall–Kier alpha value is -1.80. The number of methoxy groups -OCH3 is 1. The number of benzene rings is 2. The molecule has 0 aliphatic heterocycles. The van der Waals surface area contributed by atoms with Crippen LogP contribution in [0.5, 0.6) is 5.75 Å². The number of rotatable bonds is 6. The van der Waals surface area contributed by atoms with E-state index in [1.54, 1.807) is 7.11 Å². The van der Waals surface area contributed by atoms with Crippen LogP contribution in [-0.2, 0) is 6.54 Å². The molecule has 0 fully saturated rings. The molecule has 2 aromatic carbocycles. The fourth-order valence-corrected chi connectivity index (χ4v) is 2.21. The zero-order chi connectivity index (χ0) is 13.5. The largest absolute Gasteiger partial charge is 0.496 e. The Morgan fingerprint density at radius 3 is 2.42 bits per heavy atom. The molecule has 0 bridgehead atoms. The standard InChI is InChI=1S/C17H21NO/c1-14(16-10-6-7-11-17(16)19-2)12-18-13-15-8-4-3-5-9-15/h3-11,14,18H,12-13H2,1-2H3. The van der Waals surface area contributed by atoms with Gasteiger partial charge in [0.05, 0.1) is 7.11 Å². The van der Waals surface area contributed by atoms with Crippen molar-refractivity contribution >= 4 is 0 Å². The third-order valence-corrected chi connectivity index (χ3v) is 3.29. The van der Waals surface area contributed by atoms with Crippen LogP contribution in [0.3, 0.4) is 0 Å². The fraction of sp³-hybridized carbons (Fsp3) is 0.294. The number of hydrogen-bond donors (Lipinski definition) is 1. The van der Waals surface area contributed by atoms with Crippen LogP contribution in [0.1, 0.15) is 24.0 Å². The molecule has 2 heteroatoms. The van der Waals surface area contributed by atoms with Crippen LogP contribution in [0.15, 0.2) is 54.6 Å². The molecule has 1 N–H and O–H groups in total. The molecule has 0 heterocycles. The molecule has 0 spiro atoms. The molecule has 2 rings (SSSR count). The van der Waals surface area contributed by atoms with Crippen LogP contribution >= 0.6 is 0 Å². The van der Waals surface area contributed by atoms with Crippen molar-refractivity contribution in [2.45, 2.75) is 19.4 Å². The van der Waals surface area contributed by atoms with Gasteiger partial charge < -0.3 is 10.1 Å². The van der Waals surface area contributed by atoms with E-state index in [4.69, 9.17) is 4.74 Å². The Kier molecular flexibility index (Phi) is 4.99. The number of para-hydroxylation sites is 1. The van der Waals surface area contributed by atoms with Gasteiger partial charge in [-0.25, -0.2) is 0 Å². The molecule has 1 unspecified atom stereocenters. The van der Waals surface area contributed by atoms with E-state index in [0.717, 1.165) is 18.8 Å². The van der Waals surface area contributed by atoms with Crippen molar-refractivity contribution < 1.29 is 4.74 Å². The van der Waals surface area contributed by atoms with Gasteiger partial charge in [0.1, 0.15) is 5.75 Å². The molecule has 0 saturated heterocycles. The summed E-state index contributed by atoms with van der Waals surface area (Å²) in [7, 11) is 1.73. The Bertz CT molecular complexity index is 496. The van der Waals surface area contributed by atoms with Gasteiger partial charge in [-0.05, 0) is 23.1 Å². The van der Waals surface area contributed by atoms with Crippen LogP contribution in [0, 0.1) is 0 Å². The lowest BCUT2D eigenvalue weighted by molar-refractivity contribution is 0.405. The minimum absolute atomic E-state index is 0.430. The van der Waals surface area contributed by atoms with Crippen LogP contribution < -0.4 is 10.1 Å². The van der Waals surface area contributed by atoms with Crippen molar-refractivity contribution in [3.05, 3.63) is 65.7 Å². The quantitative estimate of drug-likeness (QED) is 0.851. The first-order valence-electron chi connectivity index (χ1n) is 6.69. The van der Waals surface area contributed by atoms with Crippen molar-refractivity contribution in [3.8, 4) is 5.75 Å². The highest BCUT2D eigenvalue weighted by atomic mass is 16.5. The smallest absolute Gasteiger partial charge is 0.122 e. The van der Waals surface area contributed by atoms with E-state index in [1.165, 1.54) is 11.1 Å². The molecular weight excluding hydrogens is 234 g/mol. The minimum Gasteiger partial charge on any atom is -0.496 e. The highest BCUT2D eigenvalue weighted by Gasteiger charge is 2.10. The van der Waals surface area contributed by atoms with E-state index in [1.807, 2.05) is 18.2 Å². The number of ether oxygens (including phenoxy) is 1. The fourth-order valence-electron chi connectivity index (χ4n) is 2.21. The summed E-state index contributed by atoms with van der Waals surface area (Å²) in [5.74, 6) is 1.40. The second-order valence-electron chi connectivity index (χ2n) is 4.76. The van der Waals surface area contributed by atoms with Gasteiger partial charge in [0.15, 0.2) is 0 Å². The molecule has 0 aliphatic carbocycles. The molecule has 0 saturated carbocycles. The summed E-state index contributed by atoms with van der Waals surface area (Å²) in [6.07, 6.45) is 0. The molecule has 19 heavy (non-hydrogen) atoms. The van der Waals surface area contributed by atoms with E-state index >= 15 is 0 Å². The number of hydrogen-bond acceptors (Lipinski definition) is 2. The Morgan fingerprint density at radius 2 is 1.68 bits per heavy atom. The Morgan fingerprint density at radius 1 is 1.00 bits per heavy atom. The van der Waals surface area contributed by atoms with Crippen molar-refractivity contribution in [3.63, 3.8) is 0 Å². The average Bonchev–Trinajstić information content (AvgIpc) is 2.48. The van der Waals surface area contributed by atoms with Gasteiger partial charge in [0.2, 0.25) is 0 Å². The summed E-state index contributed by atoms with van der Waals surface area (Å²) in [5, 5.41) is 3.50. The van der Waals surface area contributed by atoms with Gasteiger partial charge in [-0.1, -0.05) is 55.5 Å². The lowest BCUT2D eigenvalue weighted by atomic mass is 10.00. The first-order chi connectivity index (χ1) is 9.31. The van der Waals surface area contributed by atoms with Gasteiger partial charge >= 0.3 is 0 Å². The first kappa shape index (κ1) is 13.6. The zero-order valence-corrected chi connectivity index (χ0v) is 11.6. The van der Waals surface area contributed by atoms with Crippen molar-refractivity contribution in [2.75, 3.05) is 13.7 Å². The summed E-state index contributed by atoms with van der Waals surface area (Å²) in [4.78, 5) is 0. The summed E-state index contributed by atoms with van der Waals surface area (Å²) in [6, 6.07) is 18.7. The van der Waals surface area contributed by atoms with Crippen LogP contribution in [0.25, 0.3) is 0 Å². The van der Waals surface area contributed by atoms with Crippen LogP contribution in [0.4, 0.5) is 0 Å². The maximum absolute atomic E-state index is 5.40. The molecule has 0 radical (unpaired) electrons. The van der Waals surface area contributed by atoms with E-state index in [2.05, 4.69) is 48.6 Å². The third-order valence-electron chi connectivity index (χ3n) is 3.29. The topological polar surface area (TPSA) is 21.3 Å². The molecule has 2 aromatic rings. The zero-order valence-electron chi connectivity index (χ0n) is 11.6. The molecule has 0 aromatic heterocycles. The van der Waals surface area contributed by atoms with Gasteiger partial charge in [-0.3, -0.25) is 0 Å². The highest BCUT2D eigenvalue weighted by Crippen LogP contribution is 2.25. The van der Waals surface area contributed by atoms with Gasteiger partial charge in [-0.2, -0.15) is 0 Å². The maximum Gasteiger partial charge on any atom is 0.122 e. The summed E-state index contributed by atoms with van der Waals surface area (Å²) >= 11 is 0. The second-order valence-corrected chi connectivity index (χ2v) is 4.76. The first-order valence-corrected chi connectivity index (χ1v) is 6.69. The van der Waals surface area contributed by atoms with Crippen molar-refractivity contribution in [1.29, 1.82) is 0 Å². The predicted molar refractivity (Wildman–Crippen MR) is 79.6 cm³/mol. The van der Waals surface area contributed by atoms with Gasteiger partial charge in [0, 0.05) is 13.1 Å². The van der Waals surface area contributed by atoms with Crippen LogP contribution in [0.2, 0.25) is 0 Å². The third kappa shape index (κ3) is 3.83. The normalized spacial score (nSPS) is 12.1. The van der Waals surface area contributed by atoms with Gasteiger partial charge in [-0.15, -0.1) is 0 Å². The maximum atomic E-state index is 5.40. The molecule has 2 nitrogen and oxygen atoms in total. The Balaban J connectivity index is 1.89. The summed E-state index contributed by atoms with van der Waals surface area (Å²) in [6.45, 7) is 4.06. The van der Waals surface area contributed by atoms with Crippen molar-refractivity contribution in [2.24, 2.45) is 0 Å².